The molecule has 1 aromatic heterocycles. The third-order valence-electron chi connectivity index (χ3n) is 4.62. The highest BCUT2D eigenvalue weighted by molar-refractivity contribution is 5.38. The van der Waals surface area contributed by atoms with E-state index in [2.05, 4.69) is 29.5 Å². The van der Waals surface area contributed by atoms with Crippen LogP contribution in [0.25, 0.3) is 0 Å². The van der Waals surface area contributed by atoms with Crippen molar-refractivity contribution in [2.45, 2.75) is 38.6 Å². The number of hydrogen-bond donors (Lipinski definition) is 1. The molecule has 0 saturated carbocycles. The molecule has 1 aliphatic rings. The Morgan fingerprint density at radius 1 is 1.36 bits per heavy atom. The zero-order valence-corrected chi connectivity index (χ0v) is 15.2. The summed E-state index contributed by atoms with van der Waals surface area (Å²) in [7, 11) is 1.70. The molecule has 0 amide bonds. The van der Waals surface area contributed by atoms with Gasteiger partial charge in [-0.2, -0.15) is 5.10 Å². The van der Waals surface area contributed by atoms with E-state index in [4.69, 9.17) is 14.2 Å². The molecule has 1 fully saturated rings. The van der Waals surface area contributed by atoms with Crippen molar-refractivity contribution in [1.29, 1.82) is 0 Å². The van der Waals surface area contributed by atoms with Crippen LogP contribution in [0.4, 0.5) is 0 Å². The molecule has 1 saturated heterocycles. The maximum atomic E-state index is 5.65. The predicted octanol–water partition coefficient (Wildman–Crippen LogP) is 2.74. The molecule has 136 valence electrons. The summed E-state index contributed by atoms with van der Waals surface area (Å²) in [6.07, 6.45) is 4.57. The lowest BCUT2D eigenvalue weighted by atomic mass is 10.0. The van der Waals surface area contributed by atoms with E-state index in [0.29, 0.717) is 19.8 Å². The van der Waals surface area contributed by atoms with Crippen molar-refractivity contribution in [1.82, 2.24) is 15.1 Å². The lowest BCUT2D eigenvalue weighted by Crippen LogP contribution is -2.32. The van der Waals surface area contributed by atoms with Crippen LogP contribution in [0.2, 0.25) is 0 Å². The van der Waals surface area contributed by atoms with Crippen LogP contribution < -0.4 is 10.1 Å². The molecule has 0 spiro atoms. The molecule has 0 bridgehead atoms. The van der Waals surface area contributed by atoms with Crippen LogP contribution in [-0.4, -0.2) is 42.4 Å². The number of ether oxygens (including phenoxy) is 3. The first-order valence-corrected chi connectivity index (χ1v) is 8.75. The molecule has 6 heteroatoms. The number of aromatic nitrogens is 2. The summed E-state index contributed by atoms with van der Waals surface area (Å²) < 4.78 is 18.7. The molecule has 1 aliphatic heterocycles. The van der Waals surface area contributed by atoms with Crippen LogP contribution in [0.15, 0.2) is 36.7 Å². The van der Waals surface area contributed by atoms with Crippen LogP contribution in [0.1, 0.15) is 37.4 Å². The van der Waals surface area contributed by atoms with Crippen molar-refractivity contribution in [3.8, 4) is 5.75 Å². The summed E-state index contributed by atoms with van der Waals surface area (Å²) >= 11 is 0. The van der Waals surface area contributed by atoms with Crippen LogP contribution >= 0.6 is 0 Å². The topological polar surface area (TPSA) is 57.5 Å². The molecular weight excluding hydrogens is 318 g/mol. The SMILES string of the molecule is COc1ccc(C(C)NCCC2(C)OCCO2)cc1Cn1cccn1. The molecule has 6 nitrogen and oxygen atoms in total. The molecule has 0 aliphatic carbocycles. The van der Waals surface area contributed by atoms with Gasteiger partial charge in [-0.25, -0.2) is 0 Å². The Kier molecular flexibility index (Phi) is 5.73. The first-order chi connectivity index (χ1) is 12.1. The van der Waals surface area contributed by atoms with Crippen molar-refractivity contribution >= 4 is 0 Å². The van der Waals surface area contributed by atoms with Crippen molar-refractivity contribution in [3.05, 3.63) is 47.8 Å². The van der Waals surface area contributed by atoms with Crippen LogP contribution in [0.3, 0.4) is 0 Å². The van der Waals surface area contributed by atoms with Crippen molar-refractivity contribution in [2.75, 3.05) is 26.9 Å². The van der Waals surface area contributed by atoms with E-state index in [-0.39, 0.29) is 6.04 Å². The molecule has 25 heavy (non-hydrogen) atoms. The molecule has 1 N–H and O–H groups in total. The Morgan fingerprint density at radius 3 is 2.84 bits per heavy atom. The minimum absolute atomic E-state index is 0.229. The van der Waals surface area contributed by atoms with E-state index in [1.165, 1.54) is 5.56 Å². The number of benzene rings is 1. The Hall–Kier alpha value is -1.89. The Labute approximate surface area is 149 Å². The van der Waals surface area contributed by atoms with Gasteiger partial charge in [0.2, 0.25) is 0 Å². The van der Waals surface area contributed by atoms with E-state index >= 15 is 0 Å². The van der Waals surface area contributed by atoms with Crippen molar-refractivity contribution in [2.24, 2.45) is 0 Å². The standard InChI is InChI=1S/C19H27N3O3/c1-15(20-9-7-19(2)24-11-12-25-19)16-5-6-18(23-3)17(13-16)14-22-10-4-8-21-22/h4-6,8,10,13,15,20H,7,9,11-12,14H2,1-3H3. The normalized spacial score (nSPS) is 17.6. The quantitative estimate of drug-likeness (QED) is 0.797. The number of nitrogens with one attached hydrogen (secondary N) is 1. The summed E-state index contributed by atoms with van der Waals surface area (Å²) in [5.74, 6) is 0.435. The van der Waals surface area contributed by atoms with Gasteiger partial charge in [-0.15, -0.1) is 0 Å². The van der Waals surface area contributed by atoms with Gasteiger partial charge in [-0.1, -0.05) is 6.07 Å². The number of hydrogen-bond acceptors (Lipinski definition) is 5. The highest BCUT2D eigenvalue weighted by atomic mass is 16.7. The summed E-state index contributed by atoms with van der Waals surface area (Å²) in [6.45, 7) is 7.05. The molecule has 1 atom stereocenters. The fraction of sp³-hybridized carbons (Fsp3) is 0.526. The van der Waals surface area contributed by atoms with Gasteiger partial charge in [0, 0.05) is 37.0 Å². The fourth-order valence-corrected chi connectivity index (χ4v) is 3.09. The maximum absolute atomic E-state index is 5.65. The summed E-state index contributed by atoms with van der Waals surface area (Å²) in [6, 6.07) is 8.47. The Morgan fingerprint density at radius 2 is 2.16 bits per heavy atom. The van der Waals surface area contributed by atoms with Crippen molar-refractivity contribution in [3.63, 3.8) is 0 Å². The van der Waals surface area contributed by atoms with Gasteiger partial charge in [0.1, 0.15) is 5.75 Å². The molecule has 1 unspecified atom stereocenters. The minimum atomic E-state index is -0.447. The third kappa shape index (κ3) is 4.60. The summed E-state index contributed by atoms with van der Waals surface area (Å²) in [5, 5.41) is 7.83. The van der Waals surface area contributed by atoms with Crippen LogP contribution in [0.5, 0.6) is 5.75 Å². The lowest BCUT2D eigenvalue weighted by Gasteiger charge is -2.24. The molecular formula is C19H27N3O3. The minimum Gasteiger partial charge on any atom is -0.496 e. The van der Waals surface area contributed by atoms with Gasteiger partial charge in [-0.05, 0) is 37.6 Å². The summed E-state index contributed by atoms with van der Waals surface area (Å²) in [4.78, 5) is 0. The average Bonchev–Trinajstić information content (AvgIpc) is 3.27. The highest BCUT2D eigenvalue weighted by Crippen LogP contribution is 2.25. The number of nitrogens with zero attached hydrogens (tertiary/aromatic N) is 2. The first kappa shape index (κ1) is 17.9. The Balaban J connectivity index is 1.62. The van der Waals surface area contributed by atoms with Crippen LogP contribution in [-0.2, 0) is 16.0 Å². The molecule has 2 heterocycles. The molecule has 2 aromatic rings. The van der Waals surface area contributed by atoms with Gasteiger partial charge in [0.05, 0.1) is 26.9 Å². The van der Waals surface area contributed by atoms with E-state index in [1.807, 2.05) is 29.9 Å². The van der Waals surface area contributed by atoms with Gasteiger partial charge < -0.3 is 19.5 Å². The van der Waals surface area contributed by atoms with Crippen molar-refractivity contribution < 1.29 is 14.2 Å². The third-order valence-corrected chi connectivity index (χ3v) is 4.62. The Bertz CT molecular complexity index is 667. The maximum Gasteiger partial charge on any atom is 0.166 e. The molecule has 3 rings (SSSR count). The molecule has 0 radical (unpaired) electrons. The lowest BCUT2D eigenvalue weighted by molar-refractivity contribution is -0.145. The number of rotatable bonds is 8. The second-order valence-corrected chi connectivity index (χ2v) is 6.53. The molecule has 1 aromatic carbocycles. The second-order valence-electron chi connectivity index (χ2n) is 6.53. The van der Waals surface area contributed by atoms with Gasteiger partial charge >= 0.3 is 0 Å². The average molecular weight is 345 g/mol. The summed E-state index contributed by atoms with van der Waals surface area (Å²) in [5.41, 5.74) is 2.34. The fourth-order valence-electron chi connectivity index (χ4n) is 3.09. The largest absolute Gasteiger partial charge is 0.496 e. The van der Waals surface area contributed by atoms with Gasteiger partial charge in [0.25, 0.3) is 0 Å². The first-order valence-electron chi connectivity index (χ1n) is 8.75. The van der Waals surface area contributed by atoms with Gasteiger partial charge in [-0.3, -0.25) is 4.68 Å². The van der Waals surface area contributed by atoms with E-state index in [1.54, 1.807) is 13.3 Å². The monoisotopic (exact) mass is 345 g/mol. The van der Waals surface area contributed by atoms with E-state index in [9.17, 15) is 0 Å². The van der Waals surface area contributed by atoms with Gasteiger partial charge in [0.15, 0.2) is 5.79 Å². The zero-order chi connectivity index (χ0) is 17.7. The zero-order valence-electron chi connectivity index (χ0n) is 15.2. The number of methoxy groups -OCH3 is 1. The smallest absolute Gasteiger partial charge is 0.166 e. The highest BCUT2D eigenvalue weighted by Gasteiger charge is 2.30. The van der Waals surface area contributed by atoms with E-state index < -0.39 is 5.79 Å². The van der Waals surface area contributed by atoms with Crippen LogP contribution in [0, 0.1) is 0 Å². The van der Waals surface area contributed by atoms with E-state index in [0.717, 1.165) is 24.3 Å². The predicted molar refractivity (Wildman–Crippen MR) is 95.7 cm³/mol. The second kappa shape index (κ2) is 7.99.